The molecule has 18 heavy (non-hydrogen) atoms. The van der Waals surface area contributed by atoms with E-state index >= 15 is 0 Å². The summed E-state index contributed by atoms with van der Waals surface area (Å²) in [6, 6.07) is 5.56. The first-order valence-electron chi connectivity index (χ1n) is 5.39. The lowest BCUT2D eigenvalue weighted by Gasteiger charge is -2.13. The first-order valence-corrected chi connectivity index (χ1v) is 5.77. The van der Waals surface area contributed by atoms with Crippen LogP contribution in [-0.2, 0) is 6.42 Å². The fourth-order valence-corrected chi connectivity index (χ4v) is 1.99. The van der Waals surface area contributed by atoms with E-state index < -0.39 is 11.9 Å². The number of hydrogen-bond donors (Lipinski definition) is 2. The number of aromatic nitrogens is 1. The van der Waals surface area contributed by atoms with Gasteiger partial charge in [0.25, 0.3) is 0 Å². The number of nitrogen functional groups attached to an aromatic ring is 1. The van der Waals surface area contributed by atoms with E-state index in [1.54, 1.807) is 18.5 Å². The van der Waals surface area contributed by atoms with Gasteiger partial charge in [-0.3, -0.25) is 4.98 Å². The predicted molar refractivity (Wildman–Crippen MR) is 68.7 cm³/mol. The lowest BCUT2D eigenvalue weighted by molar-refractivity contribution is 0.178. The fourth-order valence-electron chi connectivity index (χ4n) is 1.70. The monoisotopic (exact) mass is 266 g/mol. The summed E-state index contributed by atoms with van der Waals surface area (Å²) >= 11 is 5.88. The number of halogens is 2. The molecule has 0 aliphatic carbocycles. The van der Waals surface area contributed by atoms with Crippen molar-refractivity contribution in [3.8, 4) is 0 Å². The molecule has 1 unspecified atom stereocenters. The number of hydrogen-bond acceptors (Lipinski definition) is 3. The molecule has 3 nitrogen and oxygen atoms in total. The van der Waals surface area contributed by atoms with E-state index in [0.29, 0.717) is 11.3 Å². The third-order valence-electron chi connectivity index (χ3n) is 2.68. The Labute approximate surface area is 109 Å². The molecule has 0 bridgehead atoms. The van der Waals surface area contributed by atoms with Crippen molar-refractivity contribution in [2.45, 2.75) is 12.5 Å². The predicted octanol–water partition coefficient (Wildman–Crippen LogP) is 2.73. The molecule has 94 valence electrons. The van der Waals surface area contributed by atoms with Gasteiger partial charge in [0.1, 0.15) is 5.82 Å². The van der Waals surface area contributed by atoms with Crippen LogP contribution in [0, 0.1) is 5.82 Å². The molecule has 2 aromatic rings. The van der Waals surface area contributed by atoms with Crippen molar-refractivity contribution in [2.24, 2.45) is 0 Å². The molecule has 0 fully saturated rings. The van der Waals surface area contributed by atoms with Crippen LogP contribution in [0.4, 0.5) is 10.1 Å². The minimum atomic E-state index is -0.843. The number of aliphatic hydroxyl groups excluding tert-OH is 1. The summed E-state index contributed by atoms with van der Waals surface area (Å²) in [4.78, 5) is 3.94. The van der Waals surface area contributed by atoms with Crippen molar-refractivity contribution in [3.05, 3.63) is 58.6 Å². The summed E-state index contributed by atoms with van der Waals surface area (Å²) in [7, 11) is 0. The zero-order chi connectivity index (χ0) is 13.1. The van der Waals surface area contributed by atoms with Gasteiger partial charge in [0.15, 0.2) is 0 Å². The average Bonchev–Trinajstić information content (AvgIpc) is 2.32. The molecule has 1 heterocycles. The number of nitrogens with zero attached hydrogens (tertiary/aromatic N) is 1. The van der Waals surface area contributed by atoms with Crippen LogP contribution in [0.25, 0.3) is 0 Å². The van der Waals surface area contributed by atoms with Crippen LogP contribution < -0.4 is 5.73 Å². The Kier molecular flexibility index (Phi) is 3.79. The van der Waals surface area contributed by atoms with Gasteiger partial charge in [-0.25, -0.2) is 4.39 Å². The maximum atomic E-state index is 12.9. The highest BCUT2D eigenvalue weighted by Gasteiger charge is 2.14. The molecule has 0 aliphatic heterocycles. The van der Waals surface area contributed by atoms with E-state index in [0.717, 1.165) is 5.56 Å². The van der Waals surface area contributed by atoms with E-state index in [9.17, 15) is 9.50 Å². The number of pyridine rings is 1. The molecule has 1 aromatic heterocycles. The highest BCUT2D eigenvalue weighted by Crippen LogP contribution is 2.27. The Balaban J connectivity index is 2.22. The lowest BCUT2D eigenvalue weighted by atomic mass is 10.0. The number of benzene rings is 1. The number of anilines is 1. The fraction of sp³-hybridized carbons (Fsp3) is 0.154. The van der Waals surface area contributed by atoms with Crippen LogP contribution in [-0.4, -0.2) is 10.1 Å². The topological polar surface area (TPSA) is 59.1 Å². The van der Waals surface area contributed by atoms with E-state index in [1.165, 1.54) is 18.2 Å². The summed E-state index contributed by atoms with van der Waals surface area (Å²) in [5, 5.41) is 10.3. The molecule has 0 amide bonds. The lowest BCUT2D eigenvalue weighted by Crippen LogP contribution is -2.05. The van der Waals surface area contributed by atoms with Crippen molar-refractivity contribution in [2.75, 3.05) is 5.73 Å². The van der Waals surface area contributed by atoms with Crippen LogP contribution in [0.3, 0.4) is 0 Å². The van der Waals surface area contributed by atoms with E-state index in [1.807, 2.05) is 0 Å². The molecule has 0 radical (unpaired) electrons. The van der Waals surface area contributed by atoms with Crippen molar-refractivity contribution < 1.29 is 9.50 Å². The van der Waals surface area contributed by atoms with E-state index in [-0.39, 0.29) is 11.4 Å². The number of nitrogens with two attached hydrogens (primary N) is 1. The summed E-state index contributed by atoms with van der Waals surface area (Å²) in [6.07, 6.45) is 2.61. The van der Waals surface area contributed by atoms with Crippen LogP contribution >= 0.6 is 11.6 Å². The Hall–Kier alpha value is -1.65. The standard InChI is InChI=1S/C13H12ClFN2O/c14-11-6-9(15)1-2-10(11)13(18)5-8-7-17-4-3-12(8)16/h1-4,6-7,13,18H,5H2,(H2,16,17). The summed E-state index contributed by atoms with van der Waals surface area (Å²) in [5.74, 6) is -0.433. The van der Waals surface area contributed by atoms with Gasteiger partial charge in [0.05, 0.1) is 6.10 Å². The highest BCUT2D eigenvalue weighted by molar-refractivity contribution is 6.31. The molecule has 2 rings (SSSR count). The molecule has 1 aromatic carbocycles. The molecule has 0 aliphatic rings. The van der Waals surface area contributed by atoms with E-state index in [4.69, 9.17) is 17.3 Å². The molecular formula is C13H12ClFN2O. The minimum Gasteiger partial charge on any atom is -0.398 e. The van der Waals surface area contributed by atoms with Crippen molar-refractivity contribution >= 4 is 17.3 Å². The molecule has 0 saturated carbocycles. The summed E-state index contributed by atoms with van der Waals surface area (Å²) in [5.41, 5.74) is 7.52. The second kappa shape index (κ2) is 5.33. The quantitative estimate of drug-likeness (QED) is 0.898. The zero-order valence-corrected chi connectivity index (χ0v) is 10.2. The Morgan fingerprint density at radius 3 is 2.83 bits per heavy atom. The highest BCUT2D eigenvalue weighted by atomic mass is 35.5. The van der Waals surface area contributed by atoms with Gasteiger partial charge < -0.3 is 10.8 Å². The first-order chi connectivity index (χ1) is 8.58. The Morgan fingerprint density at radius 2 is 2.17 bits per heavy atom. The Morgan fingerprint density at radius 1 is 1.39 bits per heavy atom. The minimum absolute atomic E-state index is 0.199. The third-order valence-corrected chi connectivity index (χ3v) is 3.00. The SMILES string of the molecule is Nc1ccncc1CC(O)c1ccc(F)cc1Cl. The molecular weight excluding hydrogens is 255 g/mol. The van der Waals surface area contributed by atoms with Crippen molar-refractivity contribution in [1.82, 2.24) is 4.98 Å². The van der Waals surface area contributed by atoms with Gasteiger partial charge in [-0.15, -0.1) is 0 Å². The normalized spacial score (nSPS) is 12.4. The molecule has 5 heteroatoms. The number of rotatable bonds is 3. The smallest absolute Gasteiger partial charge is 0.124 e. The maximum Gasteiger partial charge on any atom is 0.124 e. The van der Waals surface area contributed by atoms with Crippen molar-refractivity contribution in [3.63, 3.8) is 0 Å². The van der Waals surface area contributed by atoms with Crippen LogP contribution in [0.15, 0.2) is 36.7 Å². The van der Waals surface area contributed by atoms with Crippen LogP contribution in [0.2, 0.25) is 5.02 Å². The first kappa shape index (κ1) is 12.8. The molecule has 0 spiro atoms. The van der Waals surface area contributed by atoms with Gasteiger partial charge in [-0.2, -0.15) is 0 Å². The largest absolute Gasteiger partial charge is 0.398 e. The molecule has 3 N–H and O–H groups in total. The van der Waals surface area contributed by atoms with Crippen LogP contribution in [0.5, 0.6) is 0 Å². The van der Waals surface area contributed by atoms with Crippen LogP contribution in [0.1, 0.15) is 17.2 Å². The zero-order valence-electron chi connectivity index (χ0n) is 9.48. The second-order valence-corrected chi connectivity index (χ2v) is 4.37. The van der Waals surface area contributed by atoms with Crippen molar-refractivity contribution in [1.29, 1.82) is 0 Å². The van der Waals surface area contributed by atoms with Gasteiger partial charge in [-0.1, -0.05) is 17.7 Å². The van der Waals surface area contributed by atoms with E-state index in [2.05, 4.69) is 4.98 Å². The van der Waals surface area contributed by atoms with Gasteiger partial charge >= 0.3 is 0 Å². The van der Waals surface area contributed by atoms with Gasteiger partial charge in [0.2, 0.25) is 0 Å². The second-order valence-electron chi connectivity index (χ2n) is 3.96. The maximum absolute atomic E-state index is 12.9. The average molecular weight is 267 g/mol. The third kappa shape index (κ3) is 2.78. The Bertz CT molecular complexity index is 562. The van der Waals surface area contributed by atoms with Gasteiger partial charge in [0, 0.05) is 29.5 Å². The van der Waals surface area contributed by atoms with Gasteiger partial charge in [-0.05, 0) is 29.3 Å². The summed E-state index contributed by atoms with van der Waals surface area (Å²) in [6.45, 7) is 0. The number of aliphatic hydroxyl groups is 1. The molecule has 1 atom stereocenters. The summed E-state index contributed by atoms with van der Waals surface area (Å²) < 4.78 is 12.9. The molecule has 0 saturated heterocycles.